The Labute approximate surface area is 102 Å². The molecule has 0 aromatic rings. The van der Waals surface area contributed by atoms with Crippen molar-refractivity contribution in [2.75, 3.05) is 0 Å². The van der Waals surface area contributed by atoms with Gasteiger partial charge >= 0.3 is 0 Å². The molecule has 0 unspecified atom stereocenters. The summed E-state index contributed by atoms with van der Waals surface area (Å²) in [6.45, 7) is 8.01. The van der Waals surface area contributed by atoms with Crippen molar-refractivity contribution in [1.29, 1.82) is 0 Å². The minimum Gasteiger partial charge on any atom is -0.411 e. The summed E-state index contributed by atoms with van der Waals surface area (Å²) >= 11 is 0. The third-order valence-corrected chi connectivity index (χ3v) is 3.32. The number of hydrogen-bond donors (Lipinski definition) is 2. The van der Waals surface area contributed by atoms with Gasteiger partial charge in [0.15, 0.2) is 0 Å². The highest BCUT2D eigenvalue weighted by Crippen LogP contribution is 2.39. The molecule has 4 heteroatoms. The van der Waals surface area contributed by atoms with Crippen LogP contribution in [0.2, 0.25) is 0 Å². The van der Waals surface area contributed by atoms with E-state index >= 15 is 0 Å². The largest absolute Gasteiger partial charge is 0.411 e. The van der Waals surface area contributed by atoms with Crippen LogP contribution in [0.3, 0.4) is 0 Å². The number of oxime groups is 2. The van der Waals surface area contributed by atoms with Gasteiger partial charge in [-0.3, -0.25) is 0 Å². The zero-order valence-corrected chi connectivity index (χ0v) is 10.9. The third-order valence-electron chi connectivity index (χ3n) is 3.32. The fourth-order valence-electron chi connectivity index (χ4n) is 2.13. The smallest absolute Gasteiger partial charge is 0.0828 e. The van der Waals surface area contributed by atoms with Crippen LogP contribution in [0.5, 0.6) is 0 Å². The lowest BCUT2D eigenvalue weighted by Gasteiger charge is -2.33. The Morgan fingerprint density at radius 3 is 2.53 bits per heavy atom. The molecule has 0 spiro atoms. The number of allylic oxidation sites excluding steroid dienone is 4. The molecule has 17 heavy (non-hydrogen) atoms. The lowest BCUT2D eigenvalue weighted by atomic mass is 9.72. The summed E-state index contributed by atoms with van der Waals surface area (Å²) in [6, 6.07) is 0. The van der Waals surface area contributed by atoms with E-state index in [1.54, 1.807) is 13.0 Å². The van der Waals surface area contributed by atoms with E-state index in [9.17, 15) is 0 Å². The Bertz CT molecular complexity index is 415. The van der Waals surface area contributed by atoms with Crippen molar-refractivity contribution in [2.24, 2.45) is 15.7 Å². The van der Waals surface area contributed by atoms with Crippen molar-refractivity contribution in [3.05, 3.63) is 23.3 Å². The quantitative estimate of drug-likeness (QED) is 0.438. The topological polar surface area (TPSA) is 65.2 Å². The summed E-state index contributed by atoms with van der Waals surface area (Å²) in [6.07, 6.45) is 5.44. The molecule has 0 aromatic carbocycles. The first-order valence-corrected chi connectivity index (χ1v) is 5.72. The van der Waals surface area contributed by atoms with Crippen LogP contribution < -0.4 is 0 Å². The highest BCUT2D eigenvalue weighted by Gasteiger charge is 2.29. The molecule has 0 heterocycles. The predicted octanol–water partition coefficient (Wildman–Crippen LogP) is 3.36. The molecule has 0 fully saturated rings. The fraction of sp³-hybridized carbons (Fsp3) is 0.538. The molecule has 0 aliphatic heterocycles. The van der Waals surface area contributed by atoms with Crippen LogP contribution in [0, 0.1) is 5.41 Å². The lowest BCUT2D eigenvalue weighted by molar-refractivity contribution is 0.314. The average Bonchev–Trinajstić information content (AvgIpc) is 2.28. The van der Waals surface area contributed by atoms with E-state index in [2.05, 4.69) is 24.2 Å². The Hall–Kier alpha value is -1.58. The summed E-state index contributed by atoms with van der Waals surface area (Å²) in [5.41, 5.74) is 3.46. The summed E-state index contributed by atoms with van der Waals surface area (Å²) in [5, 5.41) is 24.0. The van der Waals surface area contributed by atoms with Gasteiger partial charge in [-0.2, -0.15) is 0 Å². The van der Waals surface area contributed by atoms with Gasteiger partial charge in [0.25, 0.3) is 0 Å². The SMILES string of the molecule is CC1=C(/C=C/C(C)=N/O)C(C)(C)CC/C1=N/O. The molecule has 0 saturated carbocycles. The first-order chi connectivity index (χ1) is 7.92. The molecular weight excluding hydrogens is 216 g/mol. The second kappa shape index (κ2) is 5.17. The van der Waals surface area contributed by atoms with Crippen LogP contribution >= 0.6 is 0 Å². The van der Waals surface area contributed by atoms with E-state index in [-0.39, 0.29) is 5.41 Å². The fourth-order valence-corrected chi connectivity index (χ4v) is 2.13. The van der Waals surface area contributed by atoms with E-state index in [0.717, 1.165) is 29.7 Å². The van der Waals surface area contributed by atoms with Crippen LogP contribution in [-0.4, -0.2) is 21.8 Å². The molecule has 1 rings (SSSR count). The lowest BCUT2D eigenvalue weighted by Crippen LogP contribution is -2.24. The molecule has 0 aromatic heterocycles. The monoisotopic (exact) mass is 236 g/mol. The van der Waals surface area contributed by atoms with Crippen LogP contribution in [0.25, 0.3) is 0 Å². The first kappa shape index (κ1) is 13.5. The van der Waals surface area contributed by atoms with E-state index < -0.39 is 0 Å². The maximum atomic E-state index is 8.94. The van der Waals surface area contributed by atoms with Crippen LogP contribution in [0.15, 0.2) is 33.6 Å². The molecule has 94 valence electrons. The highest BCUT2D eigenvalue weighted by atomic mass is 16.4. The Morgan fingerprint density at radius 2 is 2.00 bits per heavy atom. The molecular formula is C13H20N2O2. The van der Waals surface area contributed by atoms with Crippen LogP contribution in [0.1, 0.15) is 40.5 Å². The normalized spacial score (nSPS) is 23.8. The van der Waals surface area contributed by atoms with Gasteiger partial charge in [-0.05, 0) is 49.3 Å². The summed E-state index contributed by atoms with van der Waals surface area (Å²) in [5.74, 6) is 0. The second-order valence-corrected chi connectivity index (χ2v) is 5.04. The van der Waals surface area contributed by atoms with Crippen molar-refractivity contribution in [3.63, 3.8) is 0 Å². The van der Waals surface area contributed by atoms with Gasteiger partial charge in [0, 0.05) is 0 Å². The van der Waals surface area contributed by atoms with Gasteiger partial charge in [-0.25, -0.2) is 0 Å². The van der Waals surface area contributed by atoms with Gasteiger partial charge < -0.3 is 10.4 Å². The number of nitrogens with zero attached hydrogens (tertiary/aromatic N) is 2. The van der Waals surface area contributed by atoms with Crippen molar-refractivity contribution >= 4 is 11.4 Å². The van der Waals surface area contributed by atoms with Gasteiger partial charge in [-0.1, -0.05) is 30.2 Å². The molecule has 0 amide bonds. The zero-order valence-electron chi connectivity index (χ0n) is 10.9. The van der Waals surface area contributed by atoms with Crippen molar-refractivity contribution in [1.82, 2.24) is 0 Å². The van der Waals surface area contributed by atoms with Crippen molar-refractivity contribution in [2.45, 2.75) is 40.5 Å². The summed E-state index contributed by atoms with van der Waals surface area (Å²) in [4.78, 5) is 0. The summed E-state index contributed by atoms with van der Waals surface area (Å²) < 4.78 is 0. The van der Waals surface area contributed by atoms with Gasteiger partial charge in [-0.15, -0.1) is 0 Å². The molecule has 0 radical (unpaired) electrons. The van der Waals surface area contributed by atoms with Gasteiger partial charge in [0.2, 0.25) is 0 Å². The van der Waals surface area contributed by atoms with E-state index in [0.29, 0.717) is 5.71 Å². The Kier molecular flexibility index (Phi) is 4.10. The molecule has 0 bridgehead atoms. The highest BCUT2D eigenvalue weighted by molar-refractivity contribution is 6.02. The summed E-state index contributed by atoms with van der Waals surface area (Å²) in [7, 11) is 0. The van der Waals surface area contributed by atoms with E-state index in [1.807, 2.05) is 13.0 Å². The van der Waals surface area contributed by atoms with Crippen molar-refractivity contribution < 1.29 is 10.4 Å². The standard InChI is InChI=1S/C13H20N2O2/c1-9(14-16)5-6-11-10(2)12(15-17)7-8-13(11,3)4/h5-6,16-17H,7-8H2,1-4H3/b6-5+,14-9+,15-12-. The molecule has 0 atom stereocenters. The molecule has 1 aliphatic carbocycles. The second-order valence-electron chi connectivity index (χ2n) is 5.04. The van der Waals surface area contributed by atoms with Crippen LogP contribution in [0.4, 0.5) is 0 Å². The first-order valence-electron chi connectivity index (χ1n) is 5.72. The van der Waals surface area contributed by atoms with Crippen molar-refractivity contribution in [3.8, 4) is 0 Å². The van der Waals surface area contributed by atoms with Gasteiger partial charge in [0.05, 0.1) is 11.4 Å². The number of hydrogen-bond acceptors (Lipinski definition) is 4. The molecule has 1 aliphatic rings. The van der Waals surface area contributed by atoms with Crippen LogP contribution in [-0.2, 0) is 0 Å². The Balaban J connectivity index is 3.18. The molecule has 4 nitrogen and oxygen atoms in total. The molecule has 2 N–H and O–H groups in total. The maximum Gasteiger partial charge on any atom is 0.0828 e. The minimum atomic E-state index is 0.0461. The van der Waals surface area contributed by atoms with E-state index in [1.165, 1.54) is 0 Å². The maximum absolute atomic E-state index is 8.94. The Morgan fingerprint density at radius 1 is 1.35 bits per heavy atom. The average molecular weight is 236 g/mol. The third kappa shape index (κ3) is 2.96. The number of rotatable bonds is 2. The van der Waals surface area contributed by atoms with Gasteiger partial charge in [0.1, 0.15) is 0 Å². The minimum absolute atomic E-state index is 0.0461. The molecule has 0 saturated heterocycles. The van der Waals surface area contributed by atoms with E-state index in [4.69, 9.17) is 10.4 Å². The zero-order chi connectivity index (χ0) is 13.1. The predicted molar refractivity (Wildman–Crippen MR) is 69.0 cm³/mol.